The van der Waals surface area contributed by atoms with Crippen molar-refractivity contribution in [2.75, 3.05) is 17.2 Å². The average Bonchev–Trinajstić information content (AvgIpc) is 2.70. The molecule has 2 aromatic rings. The molecule has 0 amide bonds. The van der Waals surface area contributed by atoms with E-state index >= 15 is 0 Å². The summed E-state index contributed by atoms with van der Waals surface area (Å²) in [6, 6.07) is 4.09. The van der Waals surface area contributed by atoms with Crippen molar-refractivity contribution in [3.63, 3.8) is 0 Å². The number of aromatic nitrogens is 2. The molecule has 2 heterocycles. The summed E-state index contributed by atoms with van der Waals surface area (Å²) in [4.78, 5) is 4.25. The van der Waals surface area contributed by atoms with Gasteiger partial charge in [0.05, 0.1) is 11.7 Å². The first kappa shape index (κ1) is 13.4. The Morgan fingerprint density at radius 3 is 2.79 bits per heavy atom. The van der Waals surface area contributed by atoms with Gasteiger partial charge in [-0.15, -0.1) is 0 Å². The van der Waals surface area contributed by atoms with Crippen LogP contribution < -0.4 is 10.6 Å². The van der Waals surface area contributed by atoms with Crippen LogP contribution in [-0.2, 0) is 0 Å². The maximum absolute atomic E-state index is 5.20. The lowest BCUT2D eigenvalue weighted by molar-refractivity contribution is 0.392. The summed E-state index contributed by atoms with van der Waals surface area (Å²) in [6.07, 6.45) is 1.79. The quantitative estimate of drug-likeness (QED) is 0.863. The van der Waals surface area contributed by atoms with Gasteiger partial charge in [0.1, 0.15) is 11.6 Å². The van der Waals surface area contributed by atoms with Gasteiger partial charge in [-0.05, 0) is 33.8 Å². The van der Waals surface area contributed by atoms with E-state index in [9.17, 15) is 0 Å². The second-order valence-electron chi connectivity index (χ2n) is 4.56. The Hall–Kier alpha value is -2.04. The molecule has 0 aromatic carbocycles. The summed E-state index contributed by atoms with van der Waals surface area (Å²) in [5, 5.41) is 10.6. The Labute approximate surface area is 113 Å². The minimum atomic E-state index is 0.142. The number of hydrogen-bond donors (Lipinski definition) is 2. The number of pyridine rings is 1. The van der Waals surface area contributed by atoms with E-state index in [0.29, 0.717) is 0 Å². The van der Waals surface area contributed by atoms with Crippen LogP contribution in [0.1, 0.15) is 36.9 Å². The molecule has 0 spiro atoms. The van der Waals surface area contributed by atoms with E-state index in [0.717, 1.165) is 35.1 Å². The minimum absolute atomic E-state index is 0.142. The first-order valence-electron chi connectivity index (χ1n) is 6.51. The fourth-order valence-electron chi connectivity index (χ4n) is 2.23. The van der Waals surface area contributed by atoms with Gasteiger partial charge in [-0.2, -0.15) is 0 Å². The van der Waals surface area contributed by atoms with Crippen molar-refractivity contribution in [1.82, 2.24) is 10.1 Å². The Bertz CT molecular complexity index is 531. The second-order valence-corrected chi connectivity index (χ2v) is 4.56. The third-order valence-corrected chi connectivity index (χ3v) is 3.02. The first-order valence-corrected chi connectivity index (χ1v) is 6.51. The van der Waals surface area contributed by atoms with Crippen molar-refractivity contribution in [3.05, 3.63) is 35.3 Å². The highest BCUT2D eigenvalue weighted by Crippen LogP contribution is 2.25. The fourth-order valence-corrected chi connectivity index (χ4v) is 2.23. The van der Waals surface area contributed by atoms with Gasteiger partial charge < -0.3 is 15.2 Å². The Balaban J connectivity index is 2.14. The summed E-state index contributed by atoms with van der Waals surface area (Å²) < 4.78 is 5.20. The monoisotopic (exact) mass is 260 g/mol. The lowest BCUT2D eigenvalue weighted by Gasteiger charge is -2.15. The Kier molecular flexibility index (Phi) is 4.04. The van der Waals surface area contributed by atoms with Gasteiger partial charge in [0.25, 0.3) is 0 Å². The molecular formula is C14H20N4O. The molecule has 5 nitrogen and oxygen atoms in total. The highest BCUT2D eigenvalue weighted by atomic mass is 16.5. The molecule has 0 saturated carbocycles. The zero-order chi connectivity index (χ0) is 13.8. The van der Waals surface area contributed by atoms with Gasteiger partial charge in [-0.25, -0.2) is 4.98 Å². The van der Waals surface area contributed by atoms with E-state index < -0.39 is 0 Å². The lowest BCUT2D eigenvalue weighted by Crippen LogP contribution is -2.09. The molecule has 5 heteroatoms. The van der Waals surface area contributed by atoms with Gasteiger partial charge in [0, 0.05) is 30.1 Å². The smallest absolute Gasteiger partial charge is 0.139 e. The number of aryl methyl sites for hydroxylation is 2. The highest BCUT2D eigenvalue weighted by molar-refractivity contribution is 5.53. The molecule has 0 aliphatic heterocycles. The molecular weight excluding hydrogens is 240 g/mol. The largest absolute Gasteiger partial charge is 0.378 e. The average molecular weight is 260 g/mol. The molecule has 102 valence electrons. The van der Waals surface area contributed by atoms with Gasteiger partial charge in [-0.3, -0.25) is 0 Å². The van der Waals surface area contributed by atoms with Gasteiger partial charge in [-0.1, -0.05) is 5.16 Å². The molecule has 0 aliphatic carbocycles. The first-order chi connectivity index (χ1) is 9.11. The number of rotatable bonds is 5. The van der Waals surface area contributed by atoms with Gasteiger partial charge >= 0.3 is 0 Å². The van der Waals surface area contributed by atoms with E-state index in [1.165, 1.54) is 0 Å². The predicted octanol–water partition coefficient (Wildman–Crippen LogP) is 3.29. The maximum Gasteiger partial charge on any atom is 0.139 e. The zero-order valence-electron chi connectivity index (χ0n) is 11.8. The third kappa shape index (κ3) is 3.05. The fraction of sp³-hybridized carbons (Fsp3) is 0.429. The van der Waals surface area contributed by atoms with Crippen LogP contribution in [0, 0.1) is 13.8 Å². The van der Waals surface area contributed by atoms with Gasteiger partial charge in [0.2, 0.25) is 0 Å². The highest BCUT2D eigenvalue weighted by Gasteiger charge is 2.16. The number of nitrogens with zero attached hydrogens (tertiary/aromatic N) is 2. The van der Waals surface area contributed by atoms with Crippen molar-refractivity contribution in [3.8, 4) is 0 Å². The second kappa shape index (κ2) is 5.73. The predicted molar refractivity (Wildman–Crippen MR) is 76.4 cm³/mol. The Morgan fingerprint density at radius 1 is 1.37 bits per heavy atom. The van der Waals surface area contributed by atoms with Crippen molar-refractivity contribution < 1.29 is 4.52 Å². The third-order valence-electron chi connectivity index (χ3n) is 3.02. The van der Waals surface area contributed by atoms with E-state index in [-0.39, 0.29) is 6.04 Å². The van der Waals surface area contributed by atoms with Crippen molar-refractivity contribution in [2.45, 2.75) is 33.7 Å². The van der Waals surface area contributed by atoms with Crippen LogP contribution in [0.15, 0.2) is 22.9 Å². The lowest BCUT2D eigenvalue weighted by atomic mass is 10.1. The number of nitrogens with one attached hydrogen (secondary N) is 2. The molecule has 2 N–H and O–H groups in total. The summed E-state index contributed by atoms with van der Waals surface area (Å²) >= 11 is 0. The Morgan fingerprint density at radius 2 is 2.16 bits per heavy atom. The number of anilines is 2. The normalized spacial score (nSPS) is 12.2. The van der Waals surface area contributed by atoms with E-state index in [2.05, 4.69) is 27.7 Å². The molecule has 1 atom stereocenters. The molecule has 0 bridgehead atoms. The summed E-state index contributed by atoms with van der Waals surface area (Å²) in [6.45, 7) is 8.90. The minimum Gasteiger partial charge on any atom is -0.378 e. The summed E-state index contributed by atoms with van der Waals surface area (Å²) in [5.74, 6) is 1.73. The molecule has 2 rings (SSSR count). The zero-order valence-corrected chi connectivity index (χ0v) is 11.8. The van der Waals surface area contributed by atoms with Crippen LogP contribution in [0.2, 0.25) is 0 Å². The molecule has 0 saturated heterocycles. The summed E-state index contributed by atoms with van der Waals surface area (Å²) in [5.41, 5.74) is 3.07. The molecule has 0 fully saturated rings. The van der Waals surface area contributed by atoms with Crippen LogP contribution in [0.4, 0.5) is 11.5 Å². The topological polar surface area (TPSA) is 63.0 Å². The van der Waals surface area contributed by atoms with Crippen LogP contribution in [0.5, 0.6) is 0 Å². The molecule has 0 aliphatic rings. The van der Waals surface area contributed by atoms with E-state index in [4.69, 9.17) is 4.52 Å². The SMILES string of the molecule is CCNc1cc(NC(C)c2c(C)noc2C)ccn1. The summed E-state index contributed by atoms with van der Waals surface area (Å²) in [7, 11) is 0. The van der Waals surface area contributed by atoms with Crippen molar-refractivity contribution >= 4 is 11.5 Å². The molecule has 0 radical (unpaired) electrons. The number of hydrogen-bond acceptors (Lipinski definition) is 5. The van der Waals surface area contributed by atoms with Crippen LogP contribution in [-0.4, -0.2) is 16.7 Å². The van der Waals surface area contributed by atoms with Crippen LogP contribution >= 0.6 is 0 Å². The molecule has 2 aromatic heterocycles. The standard InChI is InChI=1S/C14H20N4O/c1-5-15-13-8-12(6-7-16-13)17-9(2)14-10(3)18-19-11(14)4/h6-9H,5H2,1-4H3,(H2,15,16,17). The van der Waals surface area contributed by atoms with Gasteiger partial charge in [0.15, 0.2) is 0 Å². The molecule has 1 unspecified atom stereocenters. The van der Waals surface area contributed by atoms with E-state index in [1.54, 1.807) is 6.20 Å². The molecule has 19 heavy (non-hydrogen) atoms. The van der Waals surface area contributed by atoms with Crippen LogP contribution in [0.25, 0.3) is 0 Å². The van der Waals surface area contributed by atoms with Crippen molar-refractivity contribution in [2.24, 2.45) is 0 Å². The van der Waals surface area contributed by atoms with E-state index in [1.807, 2.05) is 32.9 Å². The maximum atomic E-state index is 5.20. The van der Waals surface area contributed by atoms with Crippen molar-refractivity contribution in [1.29, 1.82) is 0 Å². The van der Waals surface area contributed by atoms with Crippen LogP contribution in [0.3, 0.4) is 0 Å².